The summed E-state index contributed by atoms with van der Waals surface area (Å²) in [5.41, 5.74) is 0. The second kappa shape index (κ2) is 6.20. The topological polar surface area (TPSA) is 92.7 Å². The van der Waals surface area contributed by atoms with Crippen molar-refractivity contribution in [1.82, 2.24) is 5.32 Å². The van der Waals surface area contributed by atoms with Crippen molar-refractivity contribution in [3.8, 4) is 0 Å². The van der Waals surface area contributed by atoms with E-state index in [9.17, 15) is 13.2 Å². The van der Waals surface area contributed by atoms with Crippen molar-refractivity contribution in [2.75, 3.05) is 12.9 Å². The molecule has 0 heterocycles. The zero-order valence-electron chi connectivity index (χ0n) is 9.89. The maximum absolute atomic E-state index is 10.9. The van der Waals surface area contributed by atoms with Gasteiger partial charge >= 0.3 is 6.09 Å². The molecule has 0 saturated heterocycles. The first-order valence-electron chi connectivity index (χ1n) is 5.70. The van der Waals surface area contributed by atoms with Gasteiger partial charge in [-0.3, -0.25) is 4.18 Å². The van der Waals surface area contributed by atoms with Crippen LogP contribution in [0.25, 0.3) is 0 Å². The van der Waals surface area contributed by atoms with Crippen LogP contribution < -0.4 is 5.32 Å². The Labute approximate surface area is 101 Å². The van der Waals surface area contributed by atoms with Crippen molar-refractivity contribution in [3.63, 3.8) is 0 Å². The molecule has 100 valence electrons. The number of nitrogens with one attached hydrogen (secondary N) is 1. The fraction of sp³-hybridized carbons (Fsp3) is 0.900. The van der Waals surface area contributed by atoms with E-state index in [1.165, 1.54) is 0 Å². The molecule has 1 rings (SSSR count). The molecule has 1 aliphatic rings. The lowest BCUT2D eigenvalue weighted by atomic mass is 9.99. The number of amides is 1. The Kier molecular flexibility index (Phi) is 5.20. The lowest BCUT2D eigenvalue weighted by Gasteiger charge is -2.19. The fourth-order valence-electron chi connectivity index (χ4n) is 2.20. The number of carboxylic acid groups (broad SMARTS) is 1. The van der Waals surface area contributed by atoms with E-state index in [4.69, 9.17) is 5.11 Å². The monoisotopic (exact) mass is 265 g/mol. The Morgan fingerprint density at radius 1 is 1.47 bits per heavy atom. The number of carbonyl (C=O) groups is 1. The Morgan fingerprint density at radius 3 is 2.53 bits per heavy atom. The summed E-state index contributed by atoms with van der Waals surface area (Å²) in [5.74, 6) is 0.468. The Hall–Kier alpha value is -0.820. The standard InChI is InChI=1S/C10H19NO5S/c1-17(14,15)16-7-9(11-10(12)13)6-8-4-2-3-5-8/h8-9,11H,2-7H2,1H3,(H,12,13)/t9-/m0/s1. The minimum atomic E-state index is -3.52. The minimum Gasteiger partial charge on any atom is -0.465 e. The predicted octanol–water partition coefficient (Wildman–Crippen LogP) is 1.18. The lowest BCUT2D eigenvalue weighted by molar-refractivity contribution is 0.176. The highest BCUT2D eigenvalue weighted by molar-refractivity contribution is 7.85. The molecule has 17 heavy (non-hydrogen) atoms. The molecule has 1 saturated carbocycles. The van der Waals surface area contributed by atoms with Gasteiger partial charge in [0, 0.05) is 0 Å². The van der Waals surface area contributed by atoms with Crippen LogP contribution in [-0.4, -0.2) is 38.5 Å². The smallest absolute Gasteiger partial charge is 0.404 e. The van der Waals surface area contributed by atoms with Crippen molar-refractivity contribution in [1.29, 1.82) is 0 Å². The molecule has 0 unspecified atom stereocenters. The normalized spacial score (nSPS) is 19.1. The molecule has 0 bridgehead atoms. The van der Waals surface area contributed by atoms with Crippen LogP contribution in [0.1, 0.15) is 32.1 Å². The summed E-state index contributed by atoms with van der Waals surface area (Å²) < 4.78 is 26.4. The maximum atomic E-state index is 10.9. The summed E-state index contributed by atoms with van der Waals surface area (Å²) in [5, 5.41) is 11.0. The zero-order valence-corrected chi connectivity index (χ0v) is 10.7. The molecule has 0 aromatic carbocycles. The Morgan fingerprint density at radius 2 is 2.06 bits per heavy atom. The van der Waals surface area contributed by atoms with Crippen molar-refractivity contribution in [3.05, 3.63) is 0 Å². The number of hydrogen-bond donors (Lipinski definition) is 2. The van der Waals surface area contributed by atoms with Crippen LogP contribution in [0.5, 0.6) is 0 Å². The van der Waals surface area contributed by atoms with Crippen molar-refractivity contribution in [2.24, 2.45) is 5.92 Å². The average molecular weight is 265 g/mol. The fourth-order valence-corrected chi connectivity index (χ4v) is 2.61. The first-order valence-corrected chi connectivity index (χ1v) is 7.52. The maximum Gasteiger partial charge on any atom is 0.404 e. The molecular formula is C10H19NO5S. The number of hydrogen-bond acceptors (Lipinski definition) is 4. The van der Waals surface area contributed by atoms with E-state index >= 15 is 0 Å². The largest absolute Gasteiger partial charge is 0.465 e. The molecule has 1 fully saturated rings. The summed E-state index contributed by atoms with van der Waals surface area (Å²) in [6.07, 6.45) is 4.94. The molecular weight excluding hydrogens is 246 g/mol. The van der Waals surface area contributed by atoms with Crippen molar-refractivity contribution < 1.29 is 22.5 Å². The van der Waals surface area contributed by atoms with Crippen LogP contribution in [0.4, 0.5) is 4.79 Å². The third-order valence-corrected chi connectivity index (χ3v) is 3.47. The zero-order chi connectivity index (χ0) is 12.9. The molecule has 0 spiro atoms. The van der Waals surface area contributed by atoms with Crippen LogP contribution in [-0.2, 0) is 14.3 Å². The number of rotatable bonds is 6. The molecule has 0 aromatic rings. The van der Waals surface area contributed by atoms with Crippen LogP contribution in [0.15, 0.2) is 0 Å². The SMILES string of the molecule is CS(=O)(=O)OC[C@H](CC1CCCC1)NC(=O)O. The van der Waals surface area contributed by atoms with E-state index in [2.05, 4.69) is 9.50 Å². The summed E-state index contributed by atoms with van der Waals surface area (Å²) in [6, 6.07) is -0.453. The molecule has 0 aromatic heterocycles. The quantitative estimate of drug-likeness (QED) is 0.703. The summed E-state index contributed by atoms with van der Waals surface area (Å²) in [6.45, 7) is -0.123. The van der Waals surface area contributed by atoms with Gasteiger partial charge < -0.3 is 10.4 Å². The van der Waals surface area contributed by atoms with E-state index in [-0.39, 0.29) is 6.61 Å². The Balaban J connectivity index is 2.44. The van der Waals surface area contributed by atoms with Crippen LogP contribution >= 0.6 is 0 Å². The molecule has 1 amide bonds. The lowest BCUT2D eigenvalue weighted by Crippen LogP contribution is -2.39. The first-order chi connectivity index (χ1) is 7.87. The second-order valence-electron chi connectivity index (χ2n) is 4.52. The molecule has 1 aliphatic carbocycles. The van der Waals surface area contributed by atoms with Crippen LogP contribution in [0, 0.1) is 5.92 Å². The van der Waals surface area contributed by atoms with Gasteiger partial charge in [0.05, 0.1) is 18.9 Å². The van der Waals surface area contributed by atoms with Gasteiger partial charge in [-0.2, -0.15) is 8.42 Å². The average Bonchev–Trinajstić information content (AvgIpc) is 2.65. The van der Waals surface area contributed by atoms with Gasteiger partial charge in [-0.25, -0.2) is 4.79 Å². The van der Waals surface area contributed by atoms with E-state index in [1.54, 1.807) is 0 Å². The predicted molar refractivity (Wildman–Crippen MR) is 62.3 cm³/mol. The van der Waals surface area contributed by atoms with E-state index in [1.807, 2.05) is 0 Å². The van der Waals surface area contributed by atoms with Gasteiger partial charge in [-0.15, -0.1) is 0 Å². The van der Waals surface area contributed by atoms with Gasteiger partial charge in [0.1, 0.15) is 0 Å². The third kappa shape index (κ3) is 6.48. The van der Waals surface area contributed by atoms with Crippen LogP contribution in [0.2, 0.25) is 0 Å². The molecule has 2 N–H and O–H groups in total. The second-order valence-corrected chi connectivity index (χ2v) is 6.17. The summed E-state index contributed by atoms with van der Waals surface area (Å²) >= 11 is 0. The highest BCUT2D eigenvalue weighted by Gasteiger charge is 2.22. The van der Waals surface area contributed by atoms with Gasteiger partial charge in [0.2, 0.25) is 0 Å². The minimum absolute atomic E-state index is 0.123. The third-order valence-electron chi connectivity index (χ3n) is 2.90. The van der Waals surface area contributed by atoms with E-state index in [0.29, 0.717) is 12.3 Å². The van der Waals surface area contributed by atoms with Gasteiger partial charge in [-0.1, -0.05) is 25.7 Å². The van der Waals surface area contributed by atoms with Gasteiger partial charge in [0.15, 0.2) is 0 Å². The van der Waals surface area contributed by atoms with Gasteiger partial charge in [-0.05, 0) is 12.3 Å². The highest BCUT2D eigenvalue weighted by atomic mass is 32.2. The van der Waals surface area contributed by atoms with Crippen LogP contribution in [0.3, 0.4) is 0 Å². The van der Waals surface area contributed by atoms with Gasteiger partial charge in [0.25, 0.3) is 10.1 Å². The molecule has 1 atom stereocenters. The summed E-state index contributed by atoms with van der Waals surface area (Å²) in [4.78, 5) is 10.6. The first kappa shape index (κ1) is 14.2. The molecule has 7 heteroatoms. The van der Waals surface area contributed by atoms with E-state index in [0.717, 1.165) is 31.9 Å². The molecule has 6 nitrogen and oxygen atoms in total. The van der Waals surface area contributed by atoms with Crippen molar-refractivity contribution in [2.45, 2.75) is 38.1 Å². The molecule has 0 radical (unpaired) electrons. The highest BCUT2D eigenvalue weighted by Crippen LogP contribution is 2.28. The summed E-state index contributed by atoms with van der Waals surface area (Å²) in [7, 11) is -3.52. The Bertz CT molecular complexity index is 348. The molecule has 0 aliphatic heterocycles. The van der Waals surface area contributed by atoms with E-state index < -0.39 is 22.3 Å². The van der Waals surface area contributed by atoms with Crippen molar-refractivity contribution >= 4 is 16.2 Å².